The molecule has 2 aliphatic rings. The van der Waals surface area contributed by atoms with Crippen molar-refractivity contribution in [2.75, 3.05) is 13.1 Å². The molecule has 3 rings (SSSR count). The van der Waals surface area contributed by atoms with Gasteiger partial charge in [-0.25, -0.2) is 17.9 Å². The van der Waals surface area contributed by atoms with E-state index in [0.717, 1.165) is 12.8 Å². The number of aliphatic carboxylic acids is 1. The predicted molar refractivity (Wildman–Crippen MR) is 87.7 cm³/mol. The van der Waals surface area contributed by atoms with Gasteiger partial charge in [-0.15, -0.1) is 0 Å². The van der Waals surface area contributed by atoms with Crippen molar-refractivity contribution in [3.05, 3.63) is 29.8 Å². The Morgan fingerprint density at radius 2 is 2.00 bits per heavy atom. The number of benzene rings is 1. The zero-order chi connectivity index (χ0) is 18.2. The number of carboxylic acid groups (broad SMARTS) is 1. The van der Waals surface area contributed by atoms with Crippen LogP contribution in [0.3, 0.4) is 0 Å². The summed E-state index contributed by atoms with van der Waals surface area (Å²) in [6.07, 6.45) is 0.138. The van der Waals surface area contributed by atoms with Gasteiger partial charge in [-0.1, -0.05) is 6.07 Å². The lowest BCUT2D eigenvalue weighted by molar-refractivity contribution is -0.160. The van der Waals surface area contributed by atoms with Crippen LogP contribution in [0.1, 0.15) is 30.1 Å². The Kier molecular flexibility index (Phi) is 4.81. The third-order valence-corrected chi connectivity index (χ3v) is 5.63. The minimum absolute atomic E-state index is 0.0271. The molecule has 1 saturated carbocycles. The maximum atomic E-state index is 12.7. The second kappa shape index (κ2) is 6.74. The first-order valence-corrected chi connectivity index (χ1v) is 9.54. The first kappa shape index (κ1) is 17.8. The van der Waals surface area contributed by atoms with Crippen molar-refractivity contribution < 1.29 is 27.9 Å². The number of carbonyl (C=O) groups excluding carboxylic acids is 1. The van der Waals surface area contributed by atoms with Gasteiger partial charge in [-0.3, -0.25) is 4.79 Å². The summed E-state index contributed by atoms with van der Waals surface area (Å²) in [7, 11) is -3.66. The maximum Gasteiger partial charge on any atom is 0.334 e. The van der Waals surface area contributed by atoms with E-state index in [-0.39, 0.29) is 29.6 Å². The largest absolute Gasteiger partial charge is 0.479 e. The Morgan fingerprint density at radius 1 is 1.28 bits per heavy atom. The lowest BCUT2D eigenvalue weighted by Crippen LogP contribution is -2.51. The van der Waals surface area contributed by atoms with Crippen molar-refractivity contribution in [2.24, 2.45) is 0 Å². The summed E-state index contributed by atoms with van der Waals surface area (Å²) in [5.41, 5.74) is 0.205. The average Bonchev–Trinajstić information content (AvgIpc) is 3.37. The normalized spacial score (nSPS) is 24.1. The molecule has 0 aromatic heterocycles. The van der Waals surface area contributed by atoms with Crippen molar-refractivity contribution >= 4 is 21.9 Å². The molecule has 1 aliphatic heterocycles. The summed E-state index contributed by atoms with van der Waals surface area (Å²) in [5.74, 6) is -1.54. The fourth-order valence-corrected chi connectivity index (χ4v) is 4.07. The summed E-state index contributed by atoms with van der Waals surface area (Å²) in [6.45, 7) is 1.87. The molecule has 2 N–H and O–H groups in total. The van der Waals surface area contributed by atoms with Crippen LogP contribution in [-0.4, -0.2) is 61.6 Å². The van der Waals surface area contributed by atoms with E-state index in [0.29, 0.717) is 0 Å². The number of ether oxygens (including phenoxy) is 1. The first-order valence-electron chi connectivity index (χ1n) is 8.06. The van der Waals surface area contributed by atoms with Crippen LogP contribution in [0, 0.1) is 0 Å². The summed E-state index contributed by atoms with van der Waals surface area (Å²) >= 11 is 0. The van der Waals surface area contributed by atoms with E-state index in [1.54, 1.807) is 6.92 Å². The van der Waals surface area contributed by atoms with E-state index >= 15 is 0 Å². The number of hydrogen-bond acceptors (Lipinski definition) is 5. The maximum absolute atomic E-state index is 12.7. The van der Waals surface area contributed by atoms with E-state index in [2.05, 4.69) is 4.72 Å². The van der Waals surface area contributed by atoms with Crippen molar-refractivity contribution in [1.29, 1.82) is 0 Å². The van der Waals surface area contributed by atoms with E-state index in [4.69, 9.17) is 9.84 Å². The number of carboxylic acids is 1. The zero-order valence-corrected chi connectivity index (χ0v) is 14.5. The fraction of sp³-hybridized carbons (Fsp3) is 0.500. The van der Waals surface area contributed by atoms with E-state index in [1.165, 1.54) is 29.2 Å². The number of carbonyl (C=O) groups is 2. The second-order valence-corrected chi connectivity index (χ2v) is 8.12. The van der Waals surface area contributed by atoms with Crippen LogP contribution in [0.2, 0.25) is 0 Å². The Balaban J connectivity index is 1.80. The summed E-state index contributed by atoms with van der Waals surface area (Å²) in [6, 6.07) is 5.76. The molecule has 2 atom stereocenters. The zero-order valence-electron chi connectivity index (χ0n) is 13.7. The van der Waals surface area contributed by atoms with Crippen LogP contribution < -0.4 is 4.72 Å². The molecular weight excluding hydrogens is 348 g/mol. The van der Waals surface area contributed by atoms with Gasteiger partial charge in [-0.05, 0) is 38.0 Å². The number of sulfonamides is 1. The molecule has 1 amide bonds. The van der Waals surface area contributed by atoms with Crippen LogP contribution in [0.15, 0.2) is 29.2 Å². The predicted octanol–water partition coefficient (Wildman–Crippen LogP) is 0.441. The molecule has 1 heterocycles. The number of nitrogens with zero attached hydrogens (tertiary/aromatic N) is 1. The third kappa shape index (κ3) is 4.17. The molecule has 1 unspecified atom stereocenters. The van der Waals surface area contributed by atoms with Gasteiger partial charge in [0, 0.05) is 18.2 Å². The van der Waals surface area contributed by atoms with Gasteiger partial charge in [0.25, 0.3) is 5.91 Å². The van der Waals surface area contributed by atoms with Crippen molar-refractivity contribution in [3.8, 4) is 0 Å². The SMILES string of the molecule is C[C@@H]1CN(C(=O)c2cccc(S(=O)(=O)NC3CC3)c2)CC(C(=O)O)O1. The molecule has 136 valence electrons. The van der Waals surface area contributed by atoms with E-state index < -0.39 is 34.1 Å². The van der Waals surface area contributed by atoms with Crippen LogP contribution in [0.5, 0.6) is 0 Å². The first-order chi connectivity index (χ1) is 11.8. The quantitative estimate of drug-likeness (QED) is 0.780. The smallest absolute Gasteiger partial charge is 0.334 e. The monoisotopic (exact) mass is 368 g/mol. The van der Waals surface area contributed by atoms with Gasteiger partial charge in [0.05, 0.1) is 17.5 Å². The highest BCUT2D eigenvalue weighted by Gasteiger charge is 2.33. The van der Waals surface area contributed by atoms with E-state index in [9.17, 15) is 18.0 Å². The van der Waals surface area contributed by atoms with Gasteiger partial charge >= 0.3 is 5.97 Å². The lowest BCUT2D eigenvalue weighted by atomic mass is 10.1. The molecule has 0 radical (unpaired) electrons. The van der Waals surface area contributed by atoms with Gasteiger partial charge < -0.3 is 14.7 Å². The fourth-order valence-electron chi connectivity index (χ4n) is 2.72. The van der Waals surface area contributed by atoms with Gasteiger partial charge in [-0.2, -0.15) is 0 Å². The average molecular weight is 368 g/mol. The van der Waals surface area contributed by atoms with Gasteiger partial charge in [0.15, 0.2) is 6.10 Å². The molecule has 2 fully saturated rings. The Morgan fingerprint density at radius 3 is 2.64 bits per heavy atom. The molecule has 9 heteroatoms. The highest BCUT2D eigenvalue weighted by atomic mass is 32.2. The molecule has 1 saturated heterocycles. The Hall–Kier alpha value is -1.97. The number of hydrogen-bond donors (Lipinski definition) is 2. The van der Waals surface area contributed by atoms with Gasteiger partial charge in [0.2, 0.25) is 10.0 Å². The number of amides is 1. The second-order valence-electron chi connectivity index (χ2n) is 6.41. The van der Waals surface area contributed by atoms with Crippen molar-refractivity contribution in [1.82, 2.24) is 9.62 Å². The molecular formula is C16H20N2O6S. The standard InChI is InChI=1S/C16H20N2O6S/c1-10-8-18(9-14(24-10)16(20)21)15(19)11-3-2-4-13(7-11)25(22,23)17-12-5-6-12/h2-4,7,10,12,14,17H,5-6,8-9H2,1H3,(H,20,21)/t10-,14?/m1/s1. The molecule has 8 nitrogen and oxygen atoms in total. The van der Waals surface area contributed by atoms with Crippen LogP contribution in [0.25, 0.3) is 0 Å². The summed E-state index contributed by atoms with van der Waals surface area (Å²) in [4.78, 5) is 25.2. The van der Waals surface area contributed by atoms with E-state index in [1.807, 2.05) is 0 Å². The van der Waals surface area contributed by atoms with Gasteiger partial charge in [0.1, 0.15) is 0 Å². The Labute approximate surface area is 145 Å². The molecule has 25 heavy (non-hydrogen) atoms. The number of morpholine rings is 1. The minimum Gasteiger partial charge on any atom is -0.479 e. The minimum atomic E-state index is -3.66. The van der Waals surface area contributed by atoms with Crippen molar-refractivity contribution in [3.63, 3.8) is 0 Å². The van der Waals surface area contributed by atoms with Crippen molar-refractivity contribution in [2.45, 2.75) is 42.9 Å². The lowest BCUT2D eigenvalue weighted by Gasteiger charge is -2.35. The van der Waals surface area contributed by atoms with Crippen LogP contribution in [-0.2, 0) is 19.6 Å². The van der Waals surface area contributed by atoms with Crippen LogP contribution >= 0.6 is 0 Å². The summed E-state index contributed by atoms with van der Waals surface area (Å²) < 4.78 is 32.5. The number of rotatable bonds is 5. The highest BCUT2D eigenvalue weighted by Crippen LogP contribution is 2.23. The molecule has 1 aromatic rings. The Bertz CT molecular complexity index is 790. The number of nitrogens with one attached hydrogen (secondary N) is 1. The highest BCUT2D eigenvalue weighted by molar-refractivity contribution is 7.89. The molecule has 1 aromatic carbocycles. The molecule has 0 bridgehead atoms. The topological polar surface area (TPSA) is 113 Å². The summed E-state index contributed by atoms with van der Waals surface area (Å²) in [5, 5.41) is 9.12. The van der Waals surface area contributed by atoms with Crippen LogP contribution in [0.4, 0.5) is 0 Å². The molecule has 0 spiro atoms. The molecule has 1 aliphatic carbocycles. The third-order valence-electron chi connectivity index (χ3n) is 4.11.